The first-order valence-electron chi connectivity index (χ1n) is 12.7. The Hall–Kier alpha value is -3.86. The third-order valence-corrected chi connectivity index (χ3v) is 6.22. The maximum absolute atomic E-state index is 13.2. The van der Waals surface area contributed by atoms with Crippen molar-refractivity contribution >= 4 is 22.8 Å². The van der Waals surface area contributed by atoms with E-state index in [1.165, 1.54) is 6.42 Å². The minimum atomic E-state index is -1.04. The number of benzene rings is 2. The molecule has 1 aromatic heterocycles. The lowest BCUT2D eigenvalue weighted by Crippen LogP contribution is -2.35. The summed E-state index contributed by atoms with van der Waals surface area (Å²) >= 11 is 0. The van der Waals surface area contributed by atoms with E-state index in [9.17, 15) is 10.1 Å². The highest BCUT2D eigenvalue weighted by atomic mass is 16.5. The predicted octanol–water partition coefficient (Wildman–Crippen LogP) is 4.38. The number of para-hydroxylation sites is 2. The molecule has 0 aliphatic carbocycles. The van der Waals surface area contributed by atoms with Crippen LogP contribution in [0.3, 0.4) is 0 Å². The third kappa shape index (κ3) is 5.85. The van der Waals surface area contributed by atoms with Gasteiger partial charge in [0.05, 0.1) is 30.3 Å². The fourth-order valence-electron chi connectivity index (χ4n) is 4.46. The number of rotatable bonds is 10. The van der Waals surface area contributed by atoms with Crippen LogP contribution < -0.4 is 19.7 Å². The number of nitrogens with zero attached hydrogens (tertiary/aromatic N) is 4. The van der Waals surface area contributed by atoms with Crippen LogP contribution in [0.5, 0.6) is 11.5 Å². The van der Waals surface area contributed by atoms with Gasteiger partial charge < -0.3 is 19.7 Å². The predicted molar refractivity (Wildman–Crippen MR) is 139 cm³/mol. The SMILES string of the molecule is CCOc1ccc(CCNC(=O)[C@@H](C#N)c2nc3ccccc3nc2N2CCCCC2)cc1OCC. The summed E-state index contributed by atoms with van der Waals surface area (Å²) in [6, 6.07) is 15.5. The molecule has 0 radical (unpaired) electrons. The second-order valence-corrected chi connectivity index (χ2v) is 8.72. The van der Waals surface area contributed by atoms with E-state index in [0.29, 0.717) is 54.7 Å². The Kier molecular flexibility index (Phi) is 8.56. The lowest BCUT2D eigenvalue weighted by molar-refractivity contribution is -0.121. The summed E-state index contributed by atoms with van der Waals surface area (Å²) in [5, 5.41) is 12.9. The summed E-state index contributed by atoms with van der Waals surface area (Å²) in [6.45, 7) is 7.04. The molecule has 1 aliphatic rings. The molecule has 2 heterocycles. The van der Waals surface area contributed by atoms with Crippen LogP contribution in [0.2, 0.25) is 0 Å². The van der Waals surface area contributed by atoms with Crippen molar-refractivity contribution in [1.82, 2.24) is 15.3 Å². The number of carbonyl (C=O) groups is 1. The minimum absolute atomic E-state index is 0.365. The Labute approximate surface area is 212 Å². The van der Waals surface area contributed by atoms with Gasteiger partial charge in [-0.3, -0.25) is 4.79 Å². The van der Waals surface area contributed by atoms with Gasteiger partial charge in [-0.25, -0.2) is 9.97 Å². The van der Waals surface area contributed by atoms with Crippen LogP contribution in [0.25, 0.3) is 11.0 Å². The van der Waals surface area contributed by atoms with E-state index in [-0.39, 0.29) is 5.91 Å². The highest BCUT2D eigenvalue weighted by Gasteiger charge is 2.29. The molecule has 188 valence electrons. The molecule has 1 aliphatic heterocycles. The highest BCUT2D eigenvalue weighted by molar-refractivity contribution is 5.88. The Balaban J connectivity index is 1.51. The summed E-state index contributed by atoms with van der Waals surface area (Å²) in [4.78, 5) is 24.9. The maximum Gasteiger partial charge on any atom is 0.243 e. The number of hydrogen-bond acceptors (Lipinski definition) is 7. The topological polar surface area (TPSA) is 100 Å². The van der Waals surface area contributed by atoms with E-state index in [1.54, 1.807) is 0 Å². The zero-order valence-corrected chi connectivity index (χ0v) is 21.0. The van der Waals surface area contributed by atoms with Crippen LogP contribution in [0, 0.1) is 11.3 Å². The molecule has 36 heavy (non-hydrogen) atoms. The van der Waals surface area contributed by atoms with Gasteiger partial charge in [0.15, 0.2) is 23.2 Å². The van der Waals surface area contributed by atoms with Crippen molar-refractivity contribution in [2.75, 3.05) is 37.7 Å². The van der Waals surface area contributed by atoms with Gasteiger partial charge in [0.25, 0.3) is 0 Å². The molecule has 1 saturated heterocycles. The van der Waals surface area contributed by atoms with Gasteiger partial charge in [0, 0.05) is 19.6 Å². The smallest absolute Gasteiger partial charge is 0.243 e. The number of aromatic nitrogens is 2. The van der Waals surface area contributed by atoms with Crippen LogP contribution in [0.4, 0.5) is 5.82 Å². The van der Waals surface area contributed by atoms with Crippen LogP contribution in [-0.2, 0) is 11.2 Å². The Morgan fingerprint density at radius 1 is 1.03 bits per heavy atom. The molecule has 0 saturated carbocycles. The minimum Gasteiger partial charge on any atom is -0.490 e. The van der Waals surface area contributed by atoms with E-state index in [1.807, 2.05) is 56.3 Å². The van der Waals surface area contributed by atoms with Gasteiger partial charge in [-0.15, -0.1) is 0 Å². The quantitative estimate of drug-likeness (QED) is 0.453. The fourth-order valence-corrected chi connectivity index (χ4v) is 4.46. The number of hydrogen-bond donors (Lipinski definition) is 1. The van der Waals surface area contributed by atoms with Crippen molar-refractivity contribution in [3.05, 3.63) is 53.7 Å². The van der Waals surface area contributed by atoms with Crippen LogP contribution >= 0.6 is 0 Å². The molecular formula is C28H33N5O3. The van der Waals surface area contributed by atoms with Gasteiger partial charge in [-0.2, -0.15) is 5.26 Å². The van der Waals surface area contributed by atoms with Crippen molar-refractivity contribution in [3.8, 4) is 17.6 Å². The van der Waals surface area contributed by atoms with Crippen molar-refractivity contribution in [1.29, 1.82) is 5.26 Å². The molecule has 4 rings (SSSR count). The number of nitrogens with one attached hydrogen (secondary N) is 1. The summed E-state index contributed by atoms with van der Waals surface area (Å²) in [7, 11) is 0. The second-order valence-electron chi connectivity index (χ2n) is 8.72. The van der Waals surface area contributed by atoms with Crippen LogP contribution in [0.15, 0.2) is 42.5 Å². The highest BCUT2D eigenvalue weighted by Crippen LogP contribution is 2.30. The average molecular weight is 488 g/mol. The molecule has 3 aromatic rings. The first-order chi connectivity index (χ1) is 17.6. The van der Waals surface area contributed by atoms with Crippen molar-refractivity contribution in [3.63, 3.8) is 0 Å². The van der Waals surface area contributed by atoms with Gasteiger partial charge in [-0.05, 0) is 69.4 Å². The molecule has 1 atom stereocenters. The zero-order valence-electron chi connectivity index (χ0n) is 21.0. The second kappa shape index (κ2) is 12.2. The lowest BCUT2D eigenvalue weighted by atomic mass is 10.0. The first-order valence-corrected chi connectivity index (χ1v) is 12.7. The summed E-state index contributed by atoms with van der Waals surface area (Å²) in [5.41, 5.74) is 2.88. The lowest BCUT2D eigenvalue weighted by Gasteiger charge is -2.29. The molecule has 0 spiro atoms. The number of amides is 1. The maximum atomic E-state index is 13.2. The number of carbonyl (C=O) groups excluding carboxylic acids is 1. The molecule has 1 amide bonds. The average Bonchev–Trinajstić information content (AvgIpc) is 2.91. The molecule has 0 bridgehead atoms. The van der Waals surface area contributed by atoms with Gasteiger partial charge in [0.1, 0.15) is 5.69 Å². The summed E-state index contributed by atoms with van der Waals surface area (Å²) in [6.07, 6.45) is 3.89. The fraction of sp³-hybridized carbons (Fsp3) is 0.429. The molecule has 8 nitrogen and oxygen atoms in total. The molecule has 0 unspecified atom stereocenters. The van der Waals surface area contributed by atoms with E-state index in [4.69, 9.17) is 19.4 Å². The van der Waals surface area contributed by atoms with Gasteiger partial charge >= 0.3 is 0 Å². The van der Waals surface area contributed by atoms with Crippen molar-refractivity contribution in [2.45, 2.75) is 45.4 Å². The Morgan fingerprint density at radius 3 is 2.42 bits per heavy atom. The molecular weight excluding hydrogens is 454 g/mol. The van der Waals surface area contributed by atoms with E-state index in [0.717, 1.165) is 37.0 Å². The summed E-state index contributed by atoms with van der Waals surface area (Å²) in [5.74, 6) is 0.630. The molecule has 8 heteroatoms. The zero-order chi connectivity index (χ0) is 25.3. The van der Waals surface area contributed by atoms with Gasteiger partial charge in [0.2, 0.25) is 5.91 Å². The standard InChI is InChI=1S/C28H33N5O3/c1-3-35-24-13-12-20(18-25(24)36-4-2)14-15-30-28(34)21(19-29)26-27(33-16-8-5-9-17-33)32-23-11-7-6-10-22(23)31-26/h6-7,10-13,18,21H,3-5,8-9,14-17H2,1-2H3,(H,30,34)/t21-/m0/s1. The Bertz CT molecular complexity index is 1230. The first kappa shape index (κ1) is 25.2. The number of piperidine rings is 1. The third-order valence-electron chi connectivity index (χ3n) is 6.22. The van der Waals surface area contributed by atoms with E-state index >= 15 is 0 Å². The molecule has 1 N–H and O–H groups in total. The van der Waals surface area contributed by atoms with Crippen LogP contribution in [-0.4, -0.2) is 48.7 Å². The molecule has 1 fully saturated rings. The van der Waals surface area contributed by atoms with Crippen molar-refractivity contribution < 1.29 is 14.3 Å². The largest absolute Gasteiger partial charge is 0.490 e. The molecule has 2 aromatic carbocycles. The number of anilines is 1. The number of nitriles is 1. The number of fused-ring (bicyclic) bond motifs is 1. The Morgan fingerprint density at radius 2 is 1.72 bits per heavy atom. The monoisotopic (exact) mass is 487 g/mol. The number of ether oxygens (including phenoxy) is 2. The van der Waals surface area contributed by atoms with E-state index < -0.39 is 5.92 Å². The van der Waals surface area contributed by atoms with Crippen LogP contribution in [0.1, 0.15) is 50.3 Å². The van der Waals surface area contributed by atoms with E-state index in [2.05, 4.69) is 16.3 Å². The normalized spacial score (nSPS) is 14.2. The van der Waals surface area contributed by atoms with Gasteiger partial charge in [-0.1, -0.05) is 18.2 Å². The summed E-state index contributed by atoms with van der Waals surface area (Å²) < 4.78 is 11.3. The van der Waals surface area contributed by atoms with Crippen molar-refractivity contribution in [2.24, 2.45) is 0 Å².